The minimum Gasteiger partial charge on any atom is -0.366 e. The average molecular weight is 1110 g/mol. The van der Waals surface area contributed by atoms with Crippen LogP contribution in [0.3, 0.4) is 0 Å². The highest BCUT2D eigenvalue weighted by molar-refractivity contribution is 7.99. The molecule has 464 valence electrons. The lowest BCUT2D eigenvalue weighted by molar-refractivity contribution is 0.0848. The molecule has 0 atom stereocenters. The van der Waals surface area contributed by atoms with E-state index in [-0.39, 0.29) is 74.3 Å². The van der Waals surface area contributed by atoms with E-state index in [4.69, 9.17) is 18.9 Å². The van der Waals surface area contributed by atoms with Crippen LogP contribution in [0.1, 0.15) is 254 Å². The Morgan fingerprint density at radius 3 is 0.662 bits per heavy atom. The third-order valence-corrected chi connectivity index (χ3v) is 13.8. The molecule has 2 saturated carbocycles. The molecule has 0 amide bonds. The number of piperidine rings is 1. The average Bonchev–Trinajstić information content (AvgIpc) is 4.24. The molecule has 0 spiro atoms. The first-order chi connectivity index (χ1) is 32.0. The fourth-order valence-corrected chi connectivity index (χ4v) is 9.45. The van der Waals surface area contributed by atoms with E-state index in [1.807, 2.05) is 0 Å². The second kappa shape index (κ2) is 92.6. The molecule has 11 rings (SSSR count). The van der Waals surface area contributed by atoms with Gasteiger partial charge in [0, 0.05) is 39.5 Å². The van der Waals surface area contributed by atoms with Gasteiger partial charge in [0.1, 0.15) is 0 Å². The molecule has 74 heavy (non-hydrogen) atoms. The molecule has 14 heteroatoms. The summed E-state index contributed by atoms with van der Waals surface area (Å²) in [5, 5.41) is 18.9. The molecule has 0 aromatic rings. The van der Waals surface area contributed by atoms with Crippen LogP contribution in [0.15, 0.2) is 0 Å². The number of ether oxygens (including phenoxy) is 4. The standard InChI is InChI=1S/C6H13NO.C6H12.C5H11NO.C5H11N.C5H10S.C5H10.C4H9NO.C4H9N.C4H8S.C3H8N2.C3H7NO.10CH4/c1-2-4-7-6-8-5-3-1;1-2-4-6-5-3-1;1-2-4-7-5-6-3-1;2*1-2-4-6-5-3-1;1-2-4-5-3-1;1-2-5-4-6-3-1;3*1-2-4-5-3-1;1-2-5-3-4-1;;;;;;;;;;/h7H,1-6H2;1-6H2;6H,1-5H2;6H,1-5H2;1-5H2;1-5H2;5H,1-4H2;5H,1-4H2;1-4H2;4-5H,1-3H2;4H,1-3H2;10*1H4. The van der Waals surface area contributed by atoms with Crippen LogP contribution in [-0.2, 0) is 18.9 Å². The van der Waals surface area contributed by atoms with Crippen molar-refractivity contribution in [3.8, 4) is 0 Å². The summed E-state index contributed by atoms with van der Waals surface area (Å²) in [6, 6.07) is 0. The maximum Gasteiger partial charge on any atom is 0.0966 e. The topological polar surface area (TPSA) is 133 Å². The Kier molecular flexibility index (Phi) is 121. The molecule has 11 aliphatic rings. The second-order valence-corrected chi connectivity index (χ2v) is 20.1. The van der Waals surface area contributed by atoms with E-state index in [2.05, 4.69) is 66.3 Å². The molecule has 12 nitrogen and oxygen atoms in total. The third kappa shape index (κ3) is 88.8. The summed E-state index contributed by atoms with van der Waals surface area (Å²) in [5.74, 6) is 5.67. The van der Waals surface area contributed by atoms with E-state index in [0.29, 0.717) is 0 Å². The van der Waals surface area contributed by atoms with E-state index in [9.17, 15) is 0 Å². The van der Waals surface area contributed by atoms with Crippen LogP contribution in [0, 0.1) is 0 Å². The Balaban J connectivity index is -0.0000000753. The number of hydrogen-bond donors (Lipinski definition) is 8. The van der Waals surface area contributed by atoms with Crippen LogP contribution < -0.4 is 42.8 Å². The molecule has 9 saturated heterocycles. The largest absolute Gasteiger partial charge is 0.366 e. The SMILES string of the molecule is C.C.C.C.C.C.C.C.C.C.C1CCCC1.C1CCCCC1.C1CCNC1.C1CCNCC1.C1CCNCOCC1.C1CCOCNC1.C1CCSC1.C1CCSCC1.C1CNCOC1.C1CNNC1.C1COCN1. The number of nitrogens with one attached hydrogen (secondary N) is 8. The predicted octanol–water partition coefficient (Wildman–Crippen LogP) is 15.3. The summed E-state index contributed by atoms with van der Waals surface area (Å²) in [5.41, 5.74) is 5.94. The van der Waals surface area contributed by atoms with E-state index in [1.165, 1.54) is 229 Å². The molecule has 11 fully saturated rings. The quantitative estimate of drug-likeness (QED) is 0.117. The first-order valence-electron chi connectivity index (χ1n) is 27.2. The van der Waals surface area contributed by atoms with Crippen molar-refractivity contribution in [2.24, 2.45) is 0 Å². The summed E-state index contributed by atoms with van der Waals surface area (Å²) in [4.78, 5) is 0. The van der Waals surface area contributed by atoms with Crippen LogP contribution >= 0.6 is 23.5 Å². The smallest absolute Gasteiger partial charge is 0.0966 e. The fraction of sp³-hybridized carbons (Fsp3) is 1.00. The minimum absolute atomic E-state index is 0. The molecule has 8 N–H and O–H groups in total. The van der Waals surface area contributed by atoms with Gasteiger partial charge in [-0.15, -0.1) is 0 Å². The van der Waals surface area contributed by atoms with Gasteiger partial charge in [0.25, 0.3) is 0 Å². The van der Waals surface area contributed by atoms with E-state index >= 15 is 0 Å². The van der Waals surface area contributed by atoms with Gasteiger partial charge in [0.05, 0.1) is 33.5 Å². The molecule has 2 aliphatic carbocycles. The van der Waals surface area contributed by atoms with Crippen LogP contribution in [0.4, 0.5) is 0 Å². The van der Waals surface area contributed by atoms with Crippen molar-refractivity contribution in [3.63, 3.8) is 0 Å². The van der Waals surface area contributed by atoms with Gasteiger partial charge in [0.2, 0.25) is 0 Å². The Morgan fingerprint density at radius 1 is 0.189 bits per heavy atom. The van der Waals surface area contributed by atoms with Gasteiger partial charge in [-0.3, -0.25) is 32.1 Å². The van der Waals surface area contributed by atoms with E-state index in [1.54, 1.807) is 0 Å². The number of rotatable bonds is 0. The molecule has 0 unspecified atom stereocenters. The predicted molar refractivity (Wildman–Crippen MR) is 348 cm³/mol. The lowest BCUT2D eigenvalue weighted by Crippen LogP contribution is -2.26. The molecule has 9 heterocycles. The normalized spacial score (nSPS) is 20.8. The lowest BCUT2D eigenvalue weighted by Gasteiger charge is -2.10. The van der Waals surface area contributed by atoms with Gasteiger partial charge < -0.3 is 29.6 Å². The molecule has 0 aromatic heterocycles. The van der Waals surface area contributed by atoms with Crippen molar-refractivity contribution in [2.45, 2.75) is 254 Å². The molecular weight excluding hydrogens is 961 g/mol. The van der Waals surface area contributed by atoms with Crippen LogP contribution in [0.5, 0.6) is 0 Å². The van der Waals surface area contributed by atoms with Gasteiger partial charge in [-0.25, -0.2) is 0 Å². The number of hydrazine groups is 1. The first kappa shape index (κ1) is 96.5. The zero-order chi connectivity index (χ0) is 45.3. The minimum atomic E-state index is 0. The molecule has 9 aliphatic heterocycles. The Hall–Kier alpha value is 0.220. The van der Waals surface area contributed by atoms with Gasteiger partial charge >= 0.3 is 0 Å². The molecular formula is C60H148N8O4S2. The first-order valence-corrected chi connectivity index (χ1v) is 29.5. The van der Waals surface area contributed by atoms with E-state index in [0.717, 1.165) is 92.6 Å². The Labute approximate surface area is 478 Å². The lowest BCUT2D eigenvalue weighted by atomic mass is 10.0. The van der Waals surface area contributed by atoms with E-state index < -0.39 is 0 Å². The molecule has 0 aromatic carbocycles. The van der Waals surface area contributed by atoms with Crippen LogP contribution in [0.25, 0.3) is 0 Å². The maximum atomic E-state index is 5.16. The van der Waals surface area contributed by atoms with Crippen molar-refractivity contribution < 1.29 is 18.9 Å². The van der Waals surface area contributed by atoms with Crippen molar-refractivity contribution in [2.75, 3.05) is 142 Å². The van der Waals surface area contributed by atoms with Gasteiger partial charge in [-0.2, -0.15) is 23.5 Å². The van der Waals surface area contributed by atoms with Crippen molar-refractivity contribution in [3.05, 3.63) is 0 Å². The Morgan fingerprint density at radius 2 is 0.432 bits per heavy atom. The fourth-order valence-electron chi connectivity index (χ4n) is 7.41. The summed E-state index contributed by atoms with van der Waals surface area (Å²) >= 11 is 4.17. The number of thioether (sulfide) groups is 2. The highest BCUT2D eigenvalue weighted by Crippen LogP contribution is 2.17. The number of hydrogen-bond acceptors (Lipinski definition) is 14. The highest BCUT2D eigenvalue weighted by atomic mass is 32.2. The van der Waals surface area contributed by atoms with Crippen molar-refractivity contribution >= 4 is 23.5 Å². The van der Waals surface area contributed by atoms with Crippen LogP contribution in [-0.4, -0.2) is 142 Å². The summed E-state index contributed by atoms with van der Waals surface area (Å²) in [6.07, 6.45) is 39.6. The second-order valence-electron chi connectivity index (χ2n) is 17.7. The summed E-state index contributed by atoms with van der Waals surface area (Å²) < 4.78 is 20.0. The monoisotopic (exact) mass is 1110 g/mol. The third-order valence-electron chi connectivity index (χ3n) is 11.5. The molecule has 0 radical (unpaired) electrons. The zero-order valence-corrected chi connectivity index (χ0v) is 43.4. The van der Waals surface area contributed by atoms with Crippen molar-refractivity contribution in [1.82, 2.24) is 42.8 Å². The van der Waals surface area contributed by atoms with Gasteiger partial charge in [-0.05, 0) is 165 Å². The zero-order valence-electron chi connectivity index (χ0n) is 41.8. The highest BCUT2D eigenvalue weighted by Gasteiger charge is 1.99. The van der Waals surface area contributed by atoms with Gasteiger partial charge in [-0.1, -0.05) is 158 Å². The Bertz CT molecular complexity index is 569. The molecule has 0 bridgehead atoms. The van der Waals surface area contributed by atoms with Crippen molar-refractivity contribution in [1.29, 1.82) is 0 Å². The maximum absolute atomic E-state index is 5.16. The van der Waals surface area contributed by atoms with Gasteiger partial charge in [0.15, 0.2) is 0 Å². The summed E-state index contributed by atoms with van der Waals surface area (Å²) in [7, 11) is 0. The summed E-state index contributed by atoms with van der Waals surface area (Å²) in [6.45, 7) is 18.4. The van der Waals surface area contributed by atoms with Crippen LogP contribution in [0.2, 0.25) is 0 Å².